The standard InChI is InChI=1S/C16H23N3O3/c1-16(2,3)22-15(21)18(4)14-12(7-5-9-17-14)13-8-6-10-19(13)11-20/h5,7,9,11,13H,6,8,10H2,1-4H3. The van der Waals surface area contributed by atoms with E-state index in [4.69, 9.17) is 4.74 Å². The summed E-state index contributed by atoms with van der Waals surface area (Å²) in [5.74, 6) is 0.538. The van der Waals surface area contributed by atoms with E-state index < -0.39 is 11.7 Å². The first-order valence-corrected chi connectivity index (χ1v) is 7.46. The Kier molecular flexibility index (Phi) is 4.68. The maximum atomic E-state index is 12.3. The Bertz CT molecular complexity index is 554. The molecule has 0 radical (unpaired) electrons. The number of hydrogen-bond acceptors (Lipinski definition) is 4. The molecule has 0 bridgehead atoms. The fraction of sp³-hybridized carbons (Fsp3) is 0.562. The van der Waals surface area contributed by atoms with Crippen molar-refractivity contribution >= 4 is 18.3 Å². The van der Waals surface area contributed by atoms with Crippen LogP contribution in [0.25, 0.3) is 0 Å². The molecule has 1 aliphatic rings. The second kappa shape index (κ2) is 6.34. The van der Waals surface area contributed by atoms with Crippen LogP contribution in [0, 0.1) is 0 Å². The van der Waals surface area contributed by atoms with E-state index in [9.17, 15) is 9.59 Å². The topological polar surface area (TPSA) is 62.7 Å². The van der Waals surface area contributed by atoms with Crippen LogP contribution in [-0.4, -0.2) is 41.6 Å². The number of anilines is 1. The van der Waals surface area contributed by atoms with Crippen LogP contribution in [0.1, 0.15) is 45.2 Å². The van der Waals surface area contributed by atoms with E-state index in [0.29, 0.717) is 5.82 Å². The molecule has 22 heavy (non-hydrogen) atoms. The van der Waals surface area contributed by atoms with Crippen LogP contribution in [0.2, 0.25) is 0 Å². The first-order chi connectivity index (χ1) is 10.3. The zero-order valence-electron chi connectivity index (χ0n) is 13.6. The fourth-order valence-corrected chi connectivity index (χ4v) is 2.62. The molecule has 1 saturated heterocycles. The second-order valence-electron chi connectivity index (χ2n) is 6.46. The van der Waals surface area contributed by atoms with Gasteiger partial charge in [-0.15, -0.1) is 0 Å². The van der Waals surface area contributed by atoms with Crippen molar-refractivity contribution in [3.63, 3.8) is 0 Å². The van der Waals surface area contributed by atoms with Crippen LogP contribution in [0.3, 0.4) is 0 Å². The summed E-state index contributed by atoms with van der Waals surface area (Å²) < 4.78 is 5.39. The van der Waals surface area contributed by atoms with Gasteiger partial charge >= 0.3 is 6.09 Å². The number of likely N-dealkylation sites (tertiary alicyclic amines) is 1. The lowest BCUT2D eigenvalue weighted by atomic mass is 10.1. The lowest BCUT2D eigenvalue weighted by Gasteiger charge is -2.28. The van der Waals surface area contributed by atoms with Gasteiger partial charge in [0, 0.05) is 25.4 Å². The third kappa shape index (κ3) is 3.55. The predicted octanol–water partition coefficient (Wildman–Crippen LogP) is 2.75. The van der Waals surface area contributed by atoms with Crippen LogP contribution < -0.4 is 4.90 Å². The maximum Gasteiger partial charge on any atom is 0.415 e. The van der Waals surface area contributed by atoms with Crippen molar-refractivity contribution < 1.29 is 14.3 Å². The van der Waals surface area contributed by atoms with Gasteiger partial charge in [0.25, 0.3) is 0 Å². The summed E-state index contributed by atoms with van der Waals surface area (Å²) in [6.07, 6.45) is 3.87. The van der Waals surface area contributed by atoms with Gasteiger partial charge in [-0.1, -0.05) is 6.07 Å². The molecule has 1 aromatic rings. The Labute approximate surface area is 131 Å². The highest BCUT2D eigenvalue weighted by Crippen LogP contribution is 2.35. The normalized spacial score (nSPS) is 18.2. The molecule has 1 atom stereocenters. The molecule has 2 heterocycles. The molecule has 0 aliphatic carbocycles. The highest BCUT2D eigenvalue weighted by atomic mass is 16.6. The average Bonchev–Trinajstić information content (AvgIpc) is 2.93. The fourth-order valence-electron chi connectivity index (χ4n) is 2.62. The van der Waals surface area contributed by atoms with Crippen molar-refractivity contribution in [1.29, 1.82) is 0 Å². The van der Waals surface area contributed by atoms with Gasteiger partial charge in [-0.05, 0) is 39.7 Å². The van der Waals surface area contributed by atoms with Crippen molar-refractivity contribution in [2.24, 2.45) is 0 Å². The summed E-state index contributed by atoms with van der Waals surface area (Å²) in [4.78, 5) is 30.9. The molecule has 1 fully saturated rings. The number of hydrogen-bond donors (Lipinski definition) is 0. The van der Waals surface area contributed by atoms with Gasteiger partial charge in [0.1, 0.15) is 11.4 Å². The van der Waals surface area contributed by atoms with E-state index in [1.54, 1.807) is 18.1 Å². The third-order valence-electron chi connectivity index (χ3n) is 3.59. The Morgan fingerprint density at radius 1 is 1.50 bits per heavy atom. The summed E-state index contributed by atoms with van der Waals surface area (Å²) in [5, 5.41) is 0. The monoisotopic (exact) mass is 305 g/mol. The van der Waals surface area contributed by atoms with E-state index >= 15 is 0 Å². The Hall–Kier alpha value is -2.11. The van der Waals surface area contributed by atoms with Crippen molar-refractivity contribution in [3.05, 3.63) is 23.9 Å². The number of nitrogens with zero attached hydrogens (tertiary/aromatic N) is 3. The molecule has 120 valence electrons. The van der Waals surface area contributed by atoms with Gasteiger partial charge in [-0.3, -0.25) is 9.69 Å². The van der Waals surface area contributed by atoms with Crippen LogP contribution in [-0.2, 0) is 9.53 Å². The van der Waals surface area contributed by atoms with Gasteiger partial charge < -0.3 is 9.64 Å². The first kappa shape index (κ1) is 16.3. The molecule has 0 saturated carbocycles. The average molecular weight is 305 g/mol. The van der Waals surface area contributed by atoms with Gasteiger partial charge in [-0.2, -0.15) is 0 Å². The van der Waals surface area contributed by atoms with Crippen molar-refractivity contribution in [2.75, 3.05) is 18.5 Å². The number of rotatable bonds is 3. The van der Waals surface area contributed by atoms with E-state index in [0.717, 1.165) is 31.4 Å². The van der Waals surface area contributed by atoms with E-state index in [-0.39, 0.29) is 6.04 Å². The summed E-state index contributed by atoms with van der Waals surface area (Å²) in [6.45, 7) is 6.20. The smallest absolute Gasteiger partial charge is 0.415 e. The molecule has 1 aliphatic heterocycles. The summed E-state index contributed by atoms with van der Waals surface area (Å²) in [5.41, 5.74) is 0.308. The molecular weight excluding hydrogens is 282 g/mol. The van der Waals surface area contributed by atoms with Crippen LogP contribution in [0.4, 0.5) is 10.6 Å². The number of ether oxygens (including phenoxy) is 1. The Morgan fingerprint density at radius 2 is 2.23 bits per heavy atom. The zero-order chi connectivity index (χ0) is 16.3. The number of pyridine rings is 1. The van der Waals surface area contributed by atoms with E-state index in [1.165, 1.54) is 4.90 Å². The predicted molar refractivity (Wildman–Crippen MR) is 83.6 cm³/mol. The molecule has 6 heteroatoms. The minimum atomic E-state index is -0.567. The first-order valence-electron chi connectivity index (χ1n) is 7.46. The summed E-state index contributed by atoms with van der Waals surface area (Å²) >= 11 is 0. The maximum absolute atomic E-state index is 12.3. The molecular formula is C16H23N3O3. The van der Waals surface area contributed by atoms with Crippen LogP contribution in [0.15, 0.2) is 18.3 Å². The quantitative estimate of drug-likeness (QED) is 0.806. The van der Waals surface area contributed by atoms with E-state index in [1.807, 2.05) is 32.9 Å². The molecule has 2 rings (SSSR count). The number of carbonyl (C=O) groups excluding carboxylic acids is 2. The van der Waals surface area contributed by atoms with Crippen molar-refractivity contribution in [1.82, 2.24) is 9.88 Å². The lowest BCUT2D eigenvalue weighted by Crippen LogP contribution is -2.35. The SMILES string of the molecule is CN(C(=O)OC(C)(C)C)c1ncccc1C1CCCN1C=O. The lowest BCUT2D eigenvalue weighted by molar-refractivity contribution is -0.118. The highest BCUT2D eigenvalue weighted by Gasteiger charge is 2.30. The van der Waals surface area contributed by atoms with Crippen LogP contribution >= 0.6 is 0 Å². The molecule has 6 nitrogen and oxygen atoms in total. The minimum Gasteiger partial charge on any atom is -0.443 e. The van der Waals surface area contributed by atoms with Crippen LogP contribution in [0.5, 0.6) is 0 Å². The highest BCUT2D eigenvalue weighted by molar-refractivity contribution is 5.87. The van der Waals surface area contributed by atoms with Crippen molar-refractivity contribution in [2.45, 2.75) is 45.3 Å². The molecule has 0 spiro atoms. The number of aromatic nitrogens is 1. The van der Waals surface area contributed by atoms with Gasteiger partial charge in [0.2, 0.25) is 6.41 Å². The molecule has 1 aromatic heterocycles. The van der Waals surface area contributed by atoms with Gasteiger partial charge in [0.05, 0.1) is 6.04 Å². The molecule has 2 amide bonds. The summed E-state index contributed by atoms with van der Waals surface area (Å²) in [6, 6.07) is 3.70. The molecule has 0 aromatic carbocycles. The Morgan fingerprint density at radius 3 is 2.86 bits per heavy atom. The zero-order valence-corrected chi connectivity index (χ0v) is 13.6. The summed E-state index contributed by atoms with van der Waals surface area (Å²) in [7, 11) is 1.64. The Balaban J connectivity index is 2.28. The van der Waals surface area contributed by atoms with Gasteiger partial charge in [-0.25, -0.2) is 9.78 Å². The second-order valence-corrected chi connectivity index (χ2v) is 6.46. The molecule has 0 N–H and O–H groups in total. The van der Waals surface area contributed by atoms with Crippen molar-refractivity contribution in [3.8, 4) is 0 Å². The van der Waals surface area contributed by atoms with E-state index in [2.05, 4.69) is 4.98 Å². The molecule has 1 unspecified atom stereocenters. The number of amides is 2. The van der Waals surface area contributed by atoms with Gasteiger partial charge in [0.15, 0.2) is 0 Å². The third-order valence-corrected chi connectivity index (χ3v) is 3.59. The number of carbonyl (C=O) groups is 2. The largest absolute Gasteiger partial charge is 0.443 e. The minimum absolute atomic E-state index is 0.0360.